The molecule has 4 heteroatoms. The number of anilines is 1. The number of nitrogens with one attached hydrogen (secondary N) is 1. The largest absolute Gasteiger partial charge is 0.335 e. The van der Waals surface area contributed by atoms with Crippen molar-refractivity contribution in [2.24, 2.45) is 10.4 Å². The maximum atomic E-state index is 4.60. The molecule has 1 aliphatic heterocycles. The summed E-state index contributed by atoms with van der Waals surface area (Å²) in [4.78, 5) is 4.60. The molecule has 17 heavy (non-hydrogen) atoms. The maximum Gasteiger partial charge on any atom is 0.161 e. The van der Waals surface area contributed by atoms with Gasteiger partial charge in [0.2, 0.25) is 0 Å². The average Bonchev–Trinajstić information content (AvgIpc) is 2.26. The fourth-order valence-electron chi connectivity index (χ4n) is 1.56. The van der Waals surface area contributed by atoms with Crippen LogP contribution >= 0.6 is 27.7 Å². The molecule has 1 aliphatic rings. The zero-order valence-electron chi connectivity index (χ0n) is 10.4. The fourth-order valence-corrected chi connectivity index (χ4v) is 2.88. The third-order valence-corrected chi connectivity index (χ3v) is 4.62. The first-order valence-electron chi connectivity index (χ1n) is 5.67. The Kier molecular flexibility index (Phi) is 3.83. The molecule has 0 aromatic heterocycles. The maximum absolute atomic E-state index is 4.60. The van der Waals surface area contributed by atoms with Crippen LogP contribution in [0.15, 0.2) is 27.7 Å². The van der Waals surface area contributed by atoms with Gasteiger partial charge in [0.05, 0.1) is 0 Å². The summed E-state index contributed by atoms with van der Waals surface area (Å²) < 4.78 is 1.09. The molecule has 1 heterocycles. The van der Waals surface area contributed by atoms with Gasteiger partial charge in [0.15, 0.2) is 5.17 Å². The molecule has 0 radical (unpaired) electrons. The Morgan fingerprint density at radius 3 is 2.82 bits per heavy atom. The number of hydrogen-bond acceptors (Lipinski definition) is 3. The third-order valence-electron chi connectivity index (χ3n) is 2.69. The van der Waals surface area contributed by atoms with E-state index in [0.717, 1.165) is 27.6 Å². The van der Waals surface area contributed by atoms with E-state index in [1.54, 1.807) is 11.8 Å². The molecule has 0 saturated carbocycles. The Bertz CT molecular complexity index is 455. The van der Waals surface area contributed by atoms with Gasteiger partial charge in [-0.25, -0.2) is 0 Å². The molecule has 0 bridgehead atoms. The second-order valence-electron chi connectivity index (χ2n) is 5.16. The van der Waals surface area contributed by atoms with E-state index >= 15 is 0 Å². The lowest BCUT2D eigenvalue weighted by Gasteiger charge is -2.27. The van der Waals surface area contributed by atoms with Gasteiger partial charge in [-0.15, -0.1) is 0 Å². The monoisotopic (exact) mass is 312 g/mol. The summed E-state index contributed by atoms with van der Waals surface area (Å²) in [5.74, 6) is 1.12. The fraction of sp³-hybridized carbons (Fsp3) is 0.462. The highest BCUT2D eigenvalue weighted by molar-refractivity contribution is 9.10. The van der Waals surface area contributed by atoms with Crippen molar-refractivity contribution in [1.82, 2.24) is 0 Å². The minimum atomic E-state index is 0.322. The number of thioether (sulfide) groups is 1. The lowest BCUT2D eigenvalue weighted by molar-refractivity contribution is 0.438. The van der Waals surface area contributed by atoms with E-state index in [4.69, 9.17) is 0 Å². The first-order chi connectivity index (χ1) is 7.96. The van der Waals surface area contributed by atoms with E-state index in [-0.39, 0.29) is 0 Å². The summed E-state index contributed by atoms with van der Waals surface area (Å²) in [6, 6.07) is 6.25. The minimum Gasteiger partial charge on any atom is -0.335 e. The van der Waals surface area contributed by atoms with Gasteiger partial charge in [0, 0.05) is 22.5 Å². The number of halogens is 1. The van der Waals surface area contributed by atoms with Crippen molar-refractivity contribution in [2.75, 3.05) is 17.6 Å². The molecular formula is C13H17BrN2S. The Balaban J connectivity index is 2.12. The van der Waals surface area contributed by atoms with Crippen LogP contribution in [0.1, 0.15) is 19.4 Å². The molecule has 1 aromatic rings. The number of aliphatic imine (C=N–C) groups is 1. The van der Waals surface area contributed by atoms with Crippen LogP contribution in [0.3, 0.4) is 0 Å². The van der Waals surface area contributed by atoms with Gasteiger partial charge in [-0.05, 0) is 30.0 Å². The Labute approximate surface area is 115 Å². The number of hydrogen-bond donors (Lipinski definition) is 1. The van der Waals surface area contributed by atoms with Gasteiger partial charge in [-0.1, -0.05) is 47.6 Å². The van der Waals surface area contributed by atoms with Gasteiger partial charge in [0.1, 0.15) is 0 Å². The van der Waals surface area contributed by atoms with E-state index in [1.807, 2.05) is 0 Å². The summed E-state index contributed by atoms with van der Waals surface area (Å²) in [7, 11) is 0. The summed E-state index contributed by atoms with van der Waals surface area (Å²) in [5, 5.41) is 4.44. The van der Waals surface area contributed by atoms with Gasteiger partial charge in [-0.2, -0.15) is 0 Å². The predicted octanol–water partition coefficient (Wildman–Crippen LogP) is 4.30. The highest BCUT2D eigenvalue weighted by Gasteiger charge is 2.23. The van der Waals surface area contributed by atoms with Crippen LogP contribution in [-0.2, 0) is 0 Å². The van der Waals surface area contributed by atoms with Crippen LogP contribution in [-0.4, -0.2) is 17.5 Å². The number of benzene rings is 1. The van der Waals surface area contributed by atoms with Crippen LogP contribution in [0.25, 0.3) is 0 Å². The van der Waals surface area contributed by atoms with Crippen molar-refractivity contribution < 1.29 is 0 Å². The minimum absolute atomic E-state index is 0.322. The van der Waals surface area contributed by atoms with E-state index in [2.05, 4.69) is 65.2 Å². The van der Waals surface area contributed by atoms with Gasteiger partial charge >= 0.3 is 0 Å². The SMILES string of the molecule is Cc1ccc(Br)cc1NC1=NCC(C)(C)CS1. The van der Waals surface area contributed by atoms with E-state index in [1.165, 1.54) is 5.56 Å². The van der Waals surface area contributed by atoms with Crippen LogP contribution in [0.2, 0.25) is 0 Å². The van der Waals surface area contributed by atoms with Crippen molar-refractivity contribution >= 4 is 38.5 Å². The van der Waals surface area contributed by atoms with Crippen molar-refractivity contribution in [1.29, 1.82) is 0 Å². The number of rotatable bonds is 1. The Hall–Kier alpha value is -0.480. The number of amidine groups is 1. The lowest BCUT2D eigenvalue weighted by Crippen LogP contribution is -2.27. The van der Waals surface area contributed by atoms with Gasteiger partial charge in [-0.3, -0.25) is 4.99 Å². The molecule has 92 valence electrons. The van der Waals surface area contributed by atoms with Crippen molar-refractivity contribution in [2.45, 2.75) is 20.8 Å². The quantitative estimate of drug-likeness (QED) is 0.836. The molecule has 0 unspecified atom stereocenters. The van der Waals surface area contributed by atoms with E-state index < -0.39 is 0 Å². The first-order valence-corrected chi connectivity index (χ1v) is 7.45. The lowest BCUT2D eigenvalue weighted by atomic mass is 9.97. The topological polar surface area (TPSA) is 24.4 Å². The summed E-state index contributed by atoms with van der Waals surface area (Å²) in [6.45, 7) is 7.51. The molecule has 0 aliphatic carbocycles. The predicted molar refractivity (Wildman–Crippen MR) is 81.0 cm³/mol. The highest BCUT2D eigenvalue weighted by atomic mass is 79.9. The highest BCUT2D eigenvalue weighted by Crippen LogP contribution is 2.29. The first kappa shape index (κ1) is 13.0. The third kappa shape index (κ3) is 3.49. The van der Waals surface area contributed by atoms with E-state index in [9.17, 15) is 0 Å². The Morgan fingerprint density at radius 2 is 2.18 bits per heavy atom. The van der Waals surface area contributed by atoms with Crippen LogP contribution in [0.4, 0.5) is 5.69 Å². The zero-order chi connectivity index (χ0) is 12.5. The second kappa shape index (κ2) is 5.02. The second-order valence-corrected chi connectivity index (χ2v) is 7.04. The molecule has 2 rings (SSSR count). The molecule has 0 spiro atoms. The van der Waals surface area contributed by atoms with Crippen molar-refractivity contribution in [3.8, 4) is 0 Å². The number of aryl methyl sites for hydroxylation is 1. The molecule has 0 atom stereocenters. The standard InChI is InChI=1S/C13H17BrN2S/c1-9-4-5-10(14)6-11(9)16-12-15-7-13(2,3)8-17-12/h4-6H,7-8H2,1-3H3,(H,15,16). The van der Waals surface area contributed by atoms with Gasteiger partial charge < -0.3 is 5.32 Å². The molecule has 2 nitrogen and oxygen atoms in total. The summed E-state index contributed by atoms with van der Waals surface area (Å²) >= 11 is 5.30. The molecule has 0 amide bonds. The smallest absolute Gasteiger partial charge is 0.161 e. The van der Waals surface area contributed by atoms with Gasteiger partial charge in [0.25, 0.3) is 0 Å². The zero-order valence-corrected chi connectivity index (χ0v) is 12.8. The van der Waals surface area contributed by atoms with Crippen LogP contribution < -0.4 is 5.32 Å². The summed E-state index contributed by atoms with van der Waals surface area (Å²) in [6.07, 6.45) is 0. The molecule has 0 saturated heterocycles. The normalized spacial score (nSPS) is 18.7. The van der Waals surface area contributed by atoms with Crippen LogP contribution in [0, 0.1) is 12.3 Å². The molecule has 1 N–H and O–H groups in total. The molecule has 0 fully saturated rings. The summed E-state index contributed by atoms with van der Waals surface area (Å²) in [5.41, 5.74) is 2.69. The average molecular weight is 313 g/mol. The Morgan fingerprint density at radius 1 is 1.41 bits per heavy atom. The van der Waals surface area contributed by atoms with Crippen LogP contribution in [0.5, 0.6) is 0 Å². The number of nitrogens with zero attached hydrogens (tertiary/aromatic N) is 1. The van der Waals surface area contributed by atoms with E-state index in [0.29, 0.717) is 5.41 Å². The van der Waals surface area contributed by atoms with Crippen molar-refractivity contribution in [3.05, 3.63) is 28.2 Å². The molecular weight excluding hydrogens is 296 g/mol. The molecule has 1 aromatic carbocycles. The van der Waals surface area contributed by atoms with Crippen molar-refractivity contribution in [3.63, 3.8) is 0 Å².